The minimum Gasteiger partial charge on any atom is -0.496 e. The number of hydrogen-bond donors (Lipinski definition) is 3. The Morgan fingerprint density at radius 1 is 1.03 bits per heavy atom. The number of alkyl halides is 3. The van der Waals surface area contributed by atoms with Crippen molar-refractivity contribution in [1.82, 2.24) is 4.57 Å². The molecule has 0 aliphatic heterocycles. The average molecular weight is 499 g/mol. The third kappa shape index (κ3) is 6.08. The third-order valence-corrected chi connectivity index (χ3v) is 5.64. The molecule has 3 aromatic carbocycles. The number of benzene rings is 3. The minimum absolute atomic E-state index is 0.185. The average Bonchev–Trinajstić information content (AvgIpc) is 3.18. The predicted molar refractivity (Wildman–Crippen MR) is 132 cm³/mol. The summed E-state index contributed by atoms with van der Waals surface area (Å²) in [5, 5.41) is 6.59. The summed E-state index contributed by atoms with van der Waals surface area (Å²) in [6.45, 7) is 0. The first-order chi connectivity index (χ1) is 17.1. The Labute approximate surface area is 205 Å². The van der Waals surface area contributed by atoms with Crippen molar-refractivity contribution < 1.29 is 27.4 Å². The zero-order valence-corrected chi connectivity index (χ0v) is 19.6. The highest BCUT2D eigenvalue weighted by atomic mass is 19.4. The molecule has 0 saturated carbocycles. The SMILES string of the molecule is COc1ccc(OC(F)(F)F)cc1CC(N)c1cccc(NC(=O)Nc2ccc3c(ccn3C)c2)c1. The van der Waals surface area contributed by atoms with Gasteiger partial charge >= 0.3 is 12.4 Å². The number of halogens is 3. The number of rotatable bonds is 7. The van der Waals surface area contributed by atoms with Gasteiger partial charge in [-0.05, 0) is 72.1 Å². The first kappa shape index (κ1) is 24.9. The fraction of sp³-hybridized carbons (Fsp3) is 0.192. The van der Waals surface area contributed by atoms with E-state index in [1.54, 1.807) is 24.3 Å². The van der Waals surface area contributed by atoms with Gasteiger partial charge in [0.2, 0.25) is 0 Å². The first-order valence-corrected chi connectivity index (χ1v) is 11.0. The highest BCUT2D eigenvalue weighted by Crippen LogP contribution is 2.31. The van der Waals surface area contributed by atoms with Gasteiger partial charge in [0.25, 0.3) is 0 Å². The Morgan fingerprint density at radius 2 is 1.78 bits per heavy atom. The number of aromatic nitrogens is 1. The number of amides is 2. The van der Waals surface area contributed by atoms with Crippen molar-refractivity contribution in [2.45, 2.75) is 18.8 Å². The second-order valence-corrected chi connectivity index (χ2v) is 8.24. The molecule has 7 nitrogen and oxygen atoms in total. The van der Waals surface area contributed by atoms with Gasteiger partial charge in [0.05, 0.1) is 7.11 Å². The number of hydrogen-bond acceptors (Lipinski definition) is 4. The lowest BCUT2D eigenvalue weighted by Crippen LogP contribution is -2.20. The molecule has 10 heteroatoms. The van der Waals surface area contributed by atoms with Gasteiger partial charge in [0.1, 0.15) is 11.5 Å². The number of nitrogens with one attached hydrogen (secondary N) is 2. The maximum absolute atomic E-state index is 12.6. The maximum Gasteiger partial charge on any atom is 0.573 e. The zero-order chi connectivity index (χ0) is 25.9. The third-order valence-electron chi connectivity index (χ3n) is 5.64. The van der Waals surface area contributed by atoms with Crippen molar-refractivity contribution in [2.24, 2.45) is 12.8 Å². The summed E-state index contributed by atoms with van der Waals surface area (Å²) in [5.74, 6) is 0.0373. The molecule has 2 amide bonds. The number of urea groups is 1. The molecular formula is C26H25F3N4O3. The number of carbonyl (C=O) groups is 1. The van der Waals surface area contributed by atoms with Crippen LogP contribution in [0.2, 0.25) is 0 Å². The Morgan fingerprint density at radius 3 is 2.50 bits per heavy atom. The lowest BCUT2D eigenvalue weighted by Gasteiger charge is -2.17. The maximum atomic E-state index is 12.6. The molecule has 1 heterocycles. The zero-order valence-electron chi connectivity index (χ0n) is 19.6. The fourth-order valence-electron chi connectivity index (χ4n) is 3.97. The first-order valence-electron chi connectivity index (χ1n) is 11.0. The molecule has 1 atom stereocenters. The summed E-state index contributed by atoms with van der Waals surface area (Å²) >= 11 is 0. The van der Waals surface area contributed by atoms with E-state index in [4.69, 9.17) is 10.5 Å². The second-order valence-electron chi connectivity index (χ2n) is 8.24. The van der Waals surface area contributed by atoms with Crippen LogP contribution in [0.5, 0.6) is 11.5 Å². The van der Waals surface area contributed by atoms with Crippen molar-refractivity contribution in [2.75, 3.05) is 17.7 Å². The van der Waals surface area contributed by atoms with Gasteiger partial charge < -0.3 is 30.4 Å². The summed E-state index contributed by atoms with van der Waals surface area (Å²) in [7, 11) is 3.37. The van der Waals surface area contributed by atoms with E-state index in [0.29, 0.717) is 28.3 Å². The van der Waals surface area contributed by atoms with E-state index >= 15 is 0 Å². The standard InChI is InChI=1S/C26H25F3N4O3/c1-33-11-10-17-13-20(6-8-23(17)33)32-25(34)31-19-5-3-4-16(12-19)22(30)15-18-14-21(36-26(27,28)29)7-9-24(18)35-2/h3-14,22H,15,30H2,1-2H3,(H2,31,32,34). The monoisotopic (exact) mass is 498 g/mol. The molecular weight excluding hydrogens is 473 g/mol. The van der Waals surface area contributed by atoms with Gasteiger partial charge in [-0.15, -0.1) is 13.2 Å². The summed E-state index contributed by atoms with van der Waals surface area (Å²) in [5.41, 5.74) is 9.71. The minimum atomic E-state index is -4.80. The van der Waals surface area contributed by atoms with Crippen molar-refractivity contribution in [1.29, 1.82) is 0 Å². The van der Waals surface area contributed by atoms with Crippen LogP contribution in [0.4, 0.5) is 29.3 Å². The number of fused-ring (bicyclic) bond motifs is 1. The predicted octanol–water partition coefficient (Wildman–Crippen LogP) is 5.97. The smallest absolute Gasteiger partial charge is 0.496 e. The van der Waals surface area contributed by atoms with Gasteiger partial charge in [-0.3, -0.25) is 0 Å². The number of aryl methyl sites for hydroxylation is 1. The van der Waals surface area contributed by atoms with Crippen LogP contribution in [0.25, 0.3) is 10.9 Å². The second kappa shape index (κ2) is 10.2. The van der Waals surface area contributed by atoms with Gasteiger partial charge in [0.15, 0.2) is 0 Å². The topological polar surface area (TPSA) is 90.5 Å². The van der Waals surface area contributed by atoms with Crippen molar-refractivity contribution in [3.63, 3.8) is 0 Å². The Kier molecular flexibility index (Phi) is 7.07. The summed E-state index contributed by atoms with van der Waals surface area (Å²) in [6, 6.07) is 17.4. The molecule has 188 valence electrons. The van der Waals surface area contributed by atoms with E-state index < -0.39 is 18.4 Å². The lowest BCUT2D eigenvalue weighted by molar-refractivity contribution is -0.274. The van der Waals surface area contributed by atoms with Crippen molar-refractivity contribution in [3.8, 4) is 11.5 Å². The molecule has 0 spiro atoms. The van der Waals surface area contributed by atoms with Crippen LogP contribution < -0.4 is 25.8 Å². The molecule has 4 N–H and O–H groups in total. The Balaban J connectivity index is 1.44. The highest BCUT2D eigenvalue weighted by Gasteiger charge is 2.31. The van der Waals surface area contributed by atoms with Crippen molar-refractivity contribution >= 4 is 28.3 Å². The summed E-state index contributed by atoms with van der Waals surface area (Å²) in [4.78, 5) is 12.5. The molecule has 1 aromatic heterocycles. The van der Waals surface area contributed by atoms with Gasteiger partial charge in [-0.2, -0.15) is 0 Å². The number of carbonyl (C=O) groups excluding carboxylic acids is 1. The number of nitrogens with zero attached hydrogens (tertiary/aromatic N) is 1. The number of nitrogens with two attached hydrogens (primary N) is 1. The van der Waals surface area contributed by atoms with Gasteiger partial charge in [0, 0.05) is 41.6 Å². The summed E-state index contributed by atoms with van der Waals surface area (Å²) in [6.07, 6.45) is -2.68. The molecule has 0 fully saturated rings. The van der Waals surface area contributed by atoms with Gasteiger partial charge in [-0.1, -0.05) is 12.1 Å². The van der Waals surface area contributed by atoms with Crippen LogP contribution in [0, 0.1) is 0 Å². The molecule has 4 rings (SSSR count). The lowest BCUT2D eigenvalue weighted by atomic mass is 9.98. The Hall–Kier alpha value is -4.18. The van der Waals surface area contributed by atoms with Crippen LogP contribution >= 0.6 is 0 Å². The Bertz CT molecular complexity index is 1380. The van der Waals surface area contributed by atoms with E-state index in [2.05, 4.69) is 15.4 Å². The molecule has 1 unspecified atom stereocenters. The normalized spacial score (nSPS) is 12.3. The van der Waals surface area contributed by atoms with Crippen LogP contribution in [0.15, 0.2) is 72.9 Å². The number of ether oxygens (including phenoxy) is 2. The molecule has 0 aliphatic rings. The van der Waals surface area contributed by atoms with E-state index in [1.165, 1.54) is 25.3 Å². The summed E-state index contributed by atoms with van der Waals surface area (Å²) < 4.78 is 49.1. The largest absolute Gasteiger partial charge is 0.573 e. The van der Waals surface area contributed by atoms with E-state index in [0.717, 1.165) is 10.9 Å². The number of methoxy groups -OCH3 is 1. The van der Waals surface area contributed by atoms with Crippen LogP contribution in [0.1, 0.15) is 17.2 Å². The molecule has 4 aromatic rings. The van der Waals surface area contributed by atoms with Gasteiger partial charge in [-0.25, -0.2) is 4.79 Å². The molecule has 0 aliphatic carbocycles. The quantitative estimate of drug-likeness (QED) is 0.293. The van der Waals surface area contributed by atoms with E-state index in [9.17, 15) is 18.0 Å². The van der Waals surface area contributed by atoms with Crippen molar-refractivity contribution in [3.05, 3.63) is 84.1 Å². The highest BCUT2D eigenvalue weighted by molar-refractivity contribution is 6.01. The van der Waals surface area contributed by atoms with Crippen LogP contribution in [-0.2, 0) is 13.5 Å². The number of anilines is 2. The van der Waals surface area contributed by atoms with Crippen LogP contribution in [0.3, 0.4) is 0 Å². The van der Waals surface area contributed by atoms with E-state index in [1.807, 2.05) is 42.1 Å². The molecule has 0 saturated heterocycles. The molecule has 0 radical (unpaired) electrons. The molecule has 0 bridgehead atoms. The van der Waals surface area contributed by atoms with E-state index in [-0.39, 0.29) is 12.2 Å². The van der Waals surface area contributed by atoms with Crippen LogP contribution in [-0.4, -0.2) is 24.1 Å². The fourth-order valence-corrected chi connectivity index (χ4v) is 3.97. The molecule has 36 heavy (non-hydrogen) atoms.